The highest BCUT2D eigenvalue weighted by molar-refractivity contribution is 5.69. The highest BCUT2D eigenvalue weighted by atomic mass is 16.5. The van der Waals surface area contributed by atoms with Crippen molar-refractivity contribution < 1.29 is 14.6 Å². The van der Waals surface area contributed by atoms with E-state index in [1.807, 2.05) is 0 Å². The van der Waals surface area contributed by atoms with Gasteiger partial charge in [-0.05, 0) is 98.2 Å². The van der Waals surface area contributed by atoms with Gasteiger partial charge in [0.2, 0.25) is 0 Å². The molecular weight excluding hydrogens is 348 g/mol. The van der Waals surface area contributed by atoms with Crippen LogP contribution in [0.25, 0.3) is 0 Å². The summed E-state index contributed by atoms with van der Waals surface area (Å²) in [5, 5.41) is 10.2. The van der Waals surface area contributed by atoms with Crippen LogP contribution in [0.4, 0.5) is 0 Å². The van der Waals surface area contributed by atoms with Crippen LogP contribution < -0.4 is 0 Å². The lowest BCUT2D eigenvalue weighted by molar-refractivity contribution is -0.141. The summed E-state index contributed by atoms with van der Waals surface area (Å²) in [5.41, 5.74) is 2.49. The molecule has 0 spiro atoms. The predicted octanol–water partition coefficient (Wildman–Crippen LogP) is 5.52. The lowest BCUT2D eigenvalue weighted by Gasteiger charge is -2.57. The Morgan fingerprint density at radius 2 is 2.04 bits per heavy atom. The molecule has 4 rings (SSSR count). The van der Waals surface area contributed by atoms with Crippen molar-refractivity contribution in [3.05, 3.63) is 11.6 Å². The number of aliphatic hydroxyl groups is 1. The van der Waals surface area contributed by atoms with Gasteiger partial charge in [-0.2, -0.15) is 0 Å². The summed E-state index contributed by atoms with van der Waals surface area (Å²) in [4.78, 5) is 11.6. The van der Waals surface area contributed by atoms with Gasteiger partial charge in [0.1, 0.15) is 0 Å². The van der Waals surface area contributed by atoms with Crippen molar-refractivity contribution in [3.8, 4) is 0 Å². The Labute approximate surface area is 171 Å². The van der Waals surface area contributed by atoms with Gasteiger partial charge in [-0.15, -0.1) is 0 Å². The van der Waals surface area contributed by atoms with E-state index in [4.69, 9.17) is 4.74 Å². The number of fused-ring (bicyclic) bond motifs is 5. The molecule has 8 atom stereocenters. The first-order valence-corrected chi connectivity index (χ1v) is 11.7. The van der Waals surface area contributed by atoms with Gasteiger partial charge in [0.25, 0.3) is 0 Å². The van der Waals surface area contributed by atoms with Crippen LogP contribution in [0, 0.1) is 40.4 Å². The van der Waals surface area contributed by atoms with Crippen LogP contribution in [-0.4, -0.2) is 24.3 Å². The first kappa shape index (κ1) is 20.4. The van der Waals surface area contributed by atoms with Gasteiger partial charge in [0, 0.05) is 6.42 Å². The fourth-order valence-electron chi connectivity index (χ4n) is 8.13. The molecule has 0 aromatic heterocycles. The number of carbonyl (C=O) groups is 1. The van der Waals surface area contributed by atoms with E-state index >= 15 is 0 Å². The van der Waals surface area contributed by atoms with Crippen molar-refractivity contribution >= 4 is 5.97 Å². The summed E-state index contributed by atoms with van der Waals surface area (Å²) in [7, 11) is 1.49. The summed E-state index contributed by atoms with van der Waals surface area (Å²) in [6, 6.07) is 0. The average Bonchev–Trinajstić information content (AvgIpc) is 3.03. The third kappa shape index (κ3) is 3.16. The van der Waals surface area contributed by atoms with E-state index < -0.39 is 0 Å². The predicted molar refractivity (Wildman–Crippen MR) is 112 cm³/mol. The van der Waals surface area contributed by atoms with Crippen LogP contribution in [0.2, 0.25) is 0 Å². The number of hydrogen-bond donors (Lipinski definition) is 1. The monoisotopic (exact) mass is 388 g/mol. The number of allylic oxidation sites excluding steroid dienone is 2. The molecular formula is C25H40O3. The van der Waals surface area contributed by atoms with Crippen molar-refractivity contribution in [2.45, 2.75) is 91.1 Å². The van der Waals surface area contributed by atoms with E-state index in [9.17, 15) is 9.90 Å². The zero-order chi connectivity index (χ0) is 20.1. The minimum atomic E-state index is -0.0735. The lowest BCUT2D eigenvalue weighted by Crippen LogP contribution is -2.48. The largest absolute Gasteiger partial charge is 0.469 e. The number of rotatable bonds is 4. The van der Waals surface area contributed by atoms with Gasteiger partial charge in [-0.1, -0.05) is 32.4 Å². The van der Waals surface area contributed by atoms with Crippen LogP contribution in [0.1, 0.15) is 85.0 Å². The molecule has 0 amide bonds. The molecule has 4 aliphatic carbocycles. The van der Waals surface area contributed by atoms with Crippen molar-refractivity contribution in [1.29, 1.82) is 0 Å². The molecule has 158 valence electrons. The molecule has 3 heteroatoms. The molecule has 0 aromatic carbocycles. The minimum Gasteiger partial charge on any atom is -0.469 e. The van der Waals surface area contributed by atoms with E-state index in [1.54, 1.807) is 5.57 Å². The fraction of sp³-hybridized carbons (Fsp3) is 0.880. The van der Waals surface area contributed by atoms with E-state index in [0.29, 0.717) is 29.1 Å². The third-order valence-corrected chi connectivity index (χ3v) is 9.79. The molecule has 3 fully saturated rings. The molecule has 0 radical (unpaired) electrons. The quantitative estimate of drug-likeness (QED) is 0.510. The standard InChI is InChI=1S/C25H40O3/c1-16(5-10-23(27)28-4)20-8-9-21-19-7-6-17-15-18(26)11-13-24(17,2)22(19)12-14-25(20,21)3/h12,16-21,26H,5-11,13-15H2,1-4H3/t16-,17+,18+,19+,20-,21+,24-,25+/m0/s1. The van der Waals surface area contributed by atoms with Crippen molar-refractivity contribution in [1.82, 2.24) is 0 Å². The molecule has 3 saturated carbocycles. The van der Waals surface area contributed by atoms with Gasteiger partial charge in [0.05, 0.1) is 13.2 Å². The van der Waals surface area contributed by atoms with Crippen molar-refractivity contribution in [2.24, 2.45) is 40.4 Å². The van der Waals surface area contributed by atoms with E-state index in [1.165, 1.54) is 45.6 Å². The van der Waals surface area contributed by atoms with Gasteiger partial charge in [-0.3, -0.25) is 4.79 Å². The topological polar surface area (TPSA) is 46.5 Å². The molecule has 3 nitrogen and oxygen atoms in total. The Morgan fingerprint density at radius 3 is 2.79 bits per heavy atom. The third-order valence-electron chi connectivity index (χ3n) is 9.79. The summed E-state index contributed by atoms with van der Waals surface area (Å²) in [6.45, 7) is 7.42. The Morgan fingerprint density at radius 1 is 1.25 bits per heavy atom. The number of methoxy groups -OCH3 is 1. The van der Waals surface area contributed by atoms with Crippen LogP contribution in [0.3, 0.4) is 0 Å². The first-order chi connectivity index (χ1) is 13.3. The number of hydrogen-bond acceptors (Lipinski definition) is 3. The van der Waals surface area contributed by atoms with Gasteiger partial charge in [-0.25, -0.2) is 0 Å². The summed E-state index contributed by atoms with van der Waals surface area (Å²) < 4.78 is 4.87. The van der Waals surface area contributed by atoms with E-state index in [0.717, 1.165) is 37.0 Å². The Hall–Kier alpha value is -0.830. The lowest BCUT2D eigenvalue weighted by atomic mass is 9.48. The van der Waals surface area contributed by atoms with Gasteiger partial charge < -0.3 is 9.84 Å². The molecule has 0 bridgehead atoms. The van der Waals surface area contributed by atoms with Crippen LogP contribution in [-0.2, 0) is 9.53 Å². The second kappa shape index (κ2) is 7.45. The average molecular weight is 389 g/mol. The van der Waals surface area contributed by atoms with Gasteiger partial charge in [0.15, 0.2) is 0 Å². The zero-order valence-electron chi connectivity index (χ0n) is 18.4. The number of aliphatic hydroxyl groups excluding tert-OH is 1. The maximum absolute atomic E-state index is 11.6. The van der Waals surface area contributed by atoms with Crippen LogP contribution in [0.5, 0.6) is 0 Å². The Balaban J connectivity index is 1.53. The van der Waals surface area contributed by atoms with Crippen molar-refractivity contribution in [2.75, 3.05) is 7.11 Å². The zero-order valence-corrected chi connectivity index (χ0v) is 18.4. The second-order valence-electron chi connectivity index (χ2n) is 11.0. The molecule has 0 aliphatic heterocycles. The van der Waals surface area contributed by atoms with Crippen molar-refractivity contribution in [3.63, 3.8) is 0 Å². The fourth-order valence-corrected chi connectivity index (χ4v) is 8.13. The molecule has 28 heavy (non-hydrogen) atoms. The molecule has 0 unspecified atom stereocenters. The smallest absolute Gasteiger partial charge is 0.305 e. The maximum atomic E-state index is 11.6. The first-order valence-electron chi connectivity index (χ1n) is 11.7. The highest BCUT2D eigenvalue weighted by Crippen LogP contribution is 2.66. The number of ether oxygens (including phenoxy) is 1. The summed E-state index contributed by atoms with van der Waals surface area (Å²) >= 11 is 0. The highest BCUT2D eigenvalue weighted by Gasteiger charge is 2.57. The number of esters is 1. The SMILES string of the molecule is COC(=O)CC[C@H](C)[C@@H]1CC[C@@H]2[C@H]3CC[C@@H]4C[C@H](O)CC[C@]4(C)C3=CC[C@@]21C. The summed E-state index contributed by atoms with van der Waals surface area (Å²) in [6.07, 6.45) is 13.8. The minimum absolute atomic E-state index is 0.0666. The molecule has 0 aromatic rings. The van der Waals surface area contributed by atoms with Crippen LogP contribution in [0.15, 0.2) is 11.6 Å². The van der Waals surface area contributed by atoms with Crippen LogP contribution >= 0.6 is 0 Å². The second-order valence-corrected chi connectivity index (χ2v) is 11.0. The van der Waals surface area contributed by atoms with Gasteiger partial charge >= 0.3 is 5.97 Å². The van der Waals surface area contributed by atoms with E-state index in [2.05, 4.69) is 26.8 Å². The summed E-state index contributed by atoms with van der Waals surface area (Å²) in [5.74, 6) is 3.48. The Bertz CT molecular complexity index is 640. The van der Waals surface area contributed by atoms with E-state index in [-0.39, 0.29) is 12.1 Å². The molecule has 1 N–H and O–H groups in total. The maximum Gasteiger partial charge on any atom is 0.305 e. The molecule has 4 aliphatic rings. The molecule has 0 heterocycles. The Kier molecular flexibility index (Phi) is 5.44. The number of carbonyl (C=O) groups excluding carboxylic acids is 1. The molecule has 0 saturated heterocycles. The normalized spacial score (nSPS) is 46.0.